The predicted octanol–water partition coefficient (Wildman–Crippen LogP) is 5.24. The summed E-state index contributed by atoms with van der Waals surface area (Å²) in [5.41, 5.74) is 2.65. The van der Waals surface area contributed by atoms with Gasteiger partial charge in [0.2, 0.25) is 0 Å². The maximum atomic E-state index is 13.0. The summed E-state index contributed by atoms with van der Waals surface area (Å²) in [6.07, 6.45) is 5.25. The number of nitrogens with zero attached hydrogens (tertiary/aromatic N) is 4. The van der Waals surface area contributed by atoms with Gasteiger partial charge in [-0.1, -0.05) is 17.4 Å². The molecular weight excluding hydrogens is 478 g/mol. The molecule has 0 unspecified atom stereocenters. The fourth-order valence-electron chi connectivity index (χ4n) is 4.28. The molecule has 0 saturated carbocycles. The molecule has 0 radical (unpaired) electrons. The van der Waals surface area contributed by atoms with Gasteiger partial charge >= 0.3 is 0 Å². The molecule has 9 heteroatoms. The van der Waals surface area contributed by atoms with E-state index in [1.807, 2.05) is 41.8 Å². The van der Waals surface area contributed by atoms with E-state index in [9.17, 15) is 10.1 Å². The van der Waals surface area contributed by atoms with Crippen molar-refractivity contribution in [2.24, 2.45) is 0 Å². The van der Waals surface area contributed by atoms with Crippen molar-refractivity contribution in [3.63, 3.8) is 0 Å². The number of nitrogens with one attached hydrogen (secondary N) is 1. The summed E-state index contributed by atoms with van der Waals surface area (Å²) in [5, 5.41) is 15.6. The first-order valence-electron chi connectivity index (χ1n) is 11.9. The number of ether oxygens (including phenoxy) is 1. The second kappa shape index (κ2) is 11.0. The van der Waals surface area contributed by atoms with E-state index < -0.39 is 5.91 Å². The van der Waals surface area contributed by atoms with E-state index in [4.69, 9.17) is 9.72 Å². The minimum Gasteiger partial charge on any atom is -0.378 e. The fourth-order valence-corrected chi connectivity index (χ4v) is 6.15. The van der Waals surface area contributed by atoms with Crippen LogP contribution in [0.4, 0.5) is 16.5 Å². The summed E-state index contributed by atoms with van der Waals surface area (Å²) in [6, 6.07) is 13.8. The average Bonchev–Trinajstić information content (AvgIpc) is 3.59. The lowest BCUT2D eigenvalue weighted by Crippen LogP contribution is -2.36. The Bertz CT molecular complexity index is 1220. The van der Waals surface area contributed by atoms with Crippen LogP contribution in [-0.4, -0.2) is 50.3 Å². The van der Waals surface area contributed by atoms with Gasteiger partial charge in [-0.05, 0) is 61.1 Å². The van der Waals surface area contributed by atoms with Crippen molar-refractivity contribution in [2.45, 2.75) is 19.3 Å². The molecule has 180 valence electrons. The Labute approximate surface area is 213 Å². The number of aromatic nitrogens is 1. The Hall–Kier alpha value is -3.19. The number of thiophene rings is 1. The number of nitriles is 1. The van der Waals surface area contributed by atoms with E-state index >= 15 is 0 Å². The summed E-state index contributed by atoms with van der Waals surface area (Å²) in [7, 11) is 0. The number of morpholine rings is 1. The minimum atomic E-state index is -0.420. The largest absolute Gasteiger partial charge is 0.378 e. The molecule has 0 spiro atoms. The van der Waals surface area contributed by atoms with Gasteiger partial charge in [0.1, 0.15) is 17.3 Å². The molecule has 35 heavy (non-hydrogen) atoms. The number of hydrogen-bond donors (Lipinski definition) is 1. The monoisotopic (exact) mass is 505 g/mol. The van der Waals surface area contributed by atoms with Crippen LogP contribution in [0.3, 0.4) is 0 Å². The highest BCUT2D eigenvalue weighted by Crippen LogP contribution is 2.37. The maximum Gasteiger partial charge on any atom is 0.266 e. The van der Waals surface area contributed by atoms with Crippen LogP contribution in [0.2, 0.25) is 0 Å². The first kappa shape index (κ1) is 23.5. The van der Waals surface area contributed by atoms with E-state index in [2.05, 4.69) is 21.2 Å². The number of carbonyl (C=O) groups is 1. The van der Waals surface area contributed by atoms with E-state index in [1.165, 1.54) is 6.42 Å². The van der Waals surface area contributed by atoms with Gasteiger partial charge in [-0.2, -0.15) is 5.26 Å². The molecule has 0 bridgehead atoms. The molecule has 0 aliphatic carbocycles. The van der Waals surface area contributed by atoms with Crippen molar-refractivity contribution in [1.29, 1.82) is 5.26 Å². The minimum absolute atomic E-state index is 0.0638. The lowest BCUT2D eigenvalue weighted by Gasteiger charge is -2.28. The smallest absolute Gasteiger partial charge is 0.266 e. The SMILES string of the molecule is N#C/C(=C\c1sc(N2CCCCC2)nc1-c1cccs1)C(=O)Nc1ccc(N2CCOCC2)cc1. The van der Waals surface area contributed by atoms with Crippen molar-refractivity contribution in [3.8, 4) is 16.6 Å². The molecular formula is C26H27N5O2S2. The number of thiazole rings is 1. The molecule has 2 fully saturated rings. The maximum absolute atomic E-state index is 13.0. The molecule has 3 aromatic rings. The highest BCUT2D eigenvalue weighted by atomic mass is 32.1. The summed E-state index contributed by atoms with van der Waals surface area (Å²) in [5.74, 6) is -0.420. The van der Waals surface area contributed by atoms with Crippen LogP contribution >= 0.6 is 22.7 Å². The van der Waals surface area contributed by atoms with Crippen LogP contribution in [0, 0.1) is 11.3 Å². The molecule has 7 nitrogen and oxygen atoms in total. The average molecular weight is 506 g/mol. The van der Waals surface area contributed by atoms with Crippen LogP contribution in [0.15, 0.2) is 47.4 Å². The fraction of sp³-hybridized carbons (Fsp3) is 0.346. The molecule has 2 aliphatic rings. The first-order chi connectivity index (χ1) is 17.2. The van der Waals surface area contributed by atoms with Crippen LogP contribution in [0.1, 0.15) is 24.1 Å². The van der Waals surface area contributed by atoms with Crippen LogP contribution in [0.5, 0.6) is 0 Å². The third kappa shape index (κ3) is 5.56. The Morgan fingerprint density at radius 3 is 2.51 bits per heavy atom. The lowest BCUT2D eigenvalue weighted by molar-refractivity contribution is -0.112. The molecule has 4 heterocycles. The molecule has 2 aromatic heterocycles. The molecule has 0 atom stereocenters. The standard InChI is InChI=1S/C26H27N5O2S2/c27-18-19(25(32)28-20-6-8-21(9-7-20)30-12-14-33-15-13-30)17-23-24(22-5-4-16-34-22)29-26(35-23)31-10-2-1-3-11-31/h4-9,16-17H,1-3,10-15H2,(H,28,32)/b19-17+. The van der Waals surface area contributed by atoms with E-state index in [-0.39, 0.29) is 5.57 Å². The number of carbonyl (C=O) groups excluding carboxylic acids is 1. The quantitative estimate of drug-likeness (QED) is 0.364. The van der Waals surface area contributed by atoms with Gasteiger partial charge in [-0.25, -0.2) is 4.98 Å². The zero-order chi connectivity index (χ0) is 24.0. The third-order valence-corrected chi connectivity index (χ3v) is 8.10. The number of rotatable bonds is 6. The highest BCUT2D eigenvalue weighted by Gasteiger charge is 2.21. The molecule has 2 saturated heterocycles. The topological polar surface area (TPSA) is 81.5 Å². The second-order valence-electron chi connectivity index (χ2n) is 8.50. The first-order valence-corrected chi connectivity index (χ1v) is 13.6. The Kier molecular flexibility index (Phi) is 7.42. The summed E-state index contributed by atoms with van der Waals surface area (Å²) in [6.45, 7) is 5.14. The molecule has 5 rings (SSSR count). The summed E-state index contributed by atoms with van der Waals surface area (Å²) < 4.78 is 5.41. The van der Waals surface area contributed by atoms with E-state index in [0.717, 1.165) is 78.5 Å². The lowest BCUT2D eigenvalue weighted by atomic mass is 10.1. The Morgan fingerprint density at radius 2 is 1.83 bits per heavy atom. The number of benzene rings is 1. The van der Waals surface area contributed by atoms with Crippen LogP contribution in [-0.2, 0) is 9.53 Å². The normalized spacial score (nSPS) is 16.7. The van der Waals surface area contributed by atoms with Crippen molar-refractivity contribution < 1.29 is 9.53 Å². The van der Waals surface area contributed by atoms with Gasteiger partial charge in [0.05, 0.1) is 23.0 Å². The van der Waals surface area contributed by atoms with Gasteiger partial charge in [0.25, 0.3) is 5.91 Å². The van der Waals surface area contributed by atoms with Crippen molar-refractivity contribution in [1.82, 2.24) is 4.98 Å². The predicted molar refractivity (Wildman–Crippen MR) is 143 cm³/mol. The molecule has 1 amide bonds. The Morgan fingerprint density at radius 1 is 1.06 bits per heavy atom. The number of anilines is 3. The van der Waals surface area contributed by atoms with Gasteiger partial charge in [0.15, 0.2) is 5.13 Å². The Balaban J connectivity index is 1.36. The van der Waals surface area contributed by atoms with E-state index in [0.29, 0.717) is 5.69 Å². The molecule has 1 aromatic carbocycles. The number of piperidine rings is 1. The third-order valence-electron chi connectivity index (χ3n) is 6.17. The zero-order valence-corrected chi connectivity index (χ0v) is 21.0. The van der Waals surface area contributed by atoms with Crippen molar-refractivity contribution in [2.75, 3.05) is 54.5 Å². The van der Waals surface area contributed by atoms with Gasteiger partial charge in [0, 0.05) is 37.6 Å². The van der Waals surface area contributed by atoms with Crippen molar-refractivity contribution in [3.05, 3.63) is 52.2 Å². The second-order valence-corrected chi connectivity index (χ2v) is 10.5. The molecule has 2 aliphatic heterocycles. The van der Waals surface area contributed by atoms with Gasteiger partial charge in [-0.15, -0.1) is 11.3 Å². The zero-order valence-electron chi connectivity index (χ0n) is 19.4. The summed E-state index contributed by atoms with van der Waals surface area (Å²) in [4.78, 5) is 24.3. The van der Waals surface area contributed by atoms with Crippen molar-refractivity contribution >= 4 is 51.2 Å². The highest BCUT2D eigenvalue weighted by molar-refractivity contribution is 7.18. The number of amides is 1. The summed E-state index contributed by atoms with van der Waals surface area (Å²) >= 11 is 3.16. The van der Waals surface area contributed by atoms with Gasteiger partial charge in [-0.3, -0.25) is 4.79 Å². The van der Waals surface area contributed by atoms with E-state index in [1.54, 1.807) is 28.7 Å². The number of hydrogen-bond acceptors (Lipinski definition) is 8. The van der Waals surface area contributed by atoms with Crippen LogP contribution < -0.4 is 15.1 Å². The van der Waals surface area contributed by atoms with Crippen LogP contribution in [0.25, 0.3) is 16.6 Å². The van der Waals surface area contributed by atoms with Gasteiger partial charge < -0.3 is 19.9 Å². The molecule has 1 N–H and O–H groups in total.